The number of halogens is 3. The number of aliphatic hydroxyl groups is 1. The summed E-state index contributed by atoms with van der Waals surface area (Å²) in [5.41, 5.74) is 2.38. The molecule has 0 aromatic heterocycles. The van der Waals surface area contributed by atoms with Gasteiger partial charge in [-0.3, -0.25) is 0 Å². The van der Waals surface area contributed by atoms with Gasteiger partial charge < -0.3 is 20.4 Å². The molecule has 9 heteroatoms. The number of carboxylic acid groups (broad SMARTS) is 1. The molecule has 0 radical (unpaired) electrons. The number of carboxylic acids is 1. The average Bonchev–Trinajstić information content (AvgIpc) is 2.84. The van der Waals surface area contributed by atoms with E-state index in [9.17, 15) is 23.1 Å². The Bertz CT molecular complexity index is 1160. The van der Waals surface area contributed by atoms with Crippen molar-refractivity contribution in [1.29, 1.82) is 0 Å². The lowest BCUT2D eigenvalue weighted by Gasteiger charge is -2.14. The van der Waals surface area contributed by atoms with Gasteiger partial charge in [0, 0.05) is 13.1 Å². The van der Waals surface area contributed by atoms with Gasteiger partial charge in [0.25, 0.3) is 0 Å². The summed E-state index contributed by atoms with van der Waals surface area (Å²) < 4.78 is 41.0. The molecule has 0 aliphatic carbocycles. The maximum atomic E-state index is 13.7. The summed E-state index contributed by atoms with van der Waals surface area (Å²) in [5.74, 6) is -1.29. The van der Waals surface area contributed by atoms with Gasteiger partial charge in [0.1, 0.15) is 6.61 Å². The van der Waals surface area contributed by atoms with E-state index in [1.807, 2.05) is 12.1 Å². The number of benzene rings is 3. The first-order valence-corrected chi connectivity index (χ1v) is 10.8. The fraction of sp³-hybridized carbons (Fsp3) is 0.231. The number of alkyl halides is 3. The number of carbonyl (C=O) groups is 1. The first-order chi connectivity index (χ1) is 16.6. The maximum Gasteiger partial charge on any atom is 0.417 e. The number of rotatable bonds is 10. The second kappa shape index (κ2) is 11.6. The Labute approximate surface area is 200 Å². The molecule has 3 aromatic carbocycles. The van der Waals surface area contributed by atoms with E-state index >= 15 is 0 Å². The van der Waals surface area contributed by atoms with Crippen molar-refractivity contribution in [3.63, 3.8) is 0 Å². The highest BCUT2D eigenvalue weighted by Crippen LogP contribution is 2.37. The summed E-state index contributed by atoms with van der Waals surface area (Å²) in [4.78, 5) is 15.9. The smallest absolute Gasteiger partial charge is 0.417 e. The Morgan fingerprint density at radius 1 is 1.03 bits per heavy atom. The van der Waals surface area contributed by atoms with E-state index in [2.05, 4.69) is 10.5 Å². The Morgan fingerprint density at radius 2 is 1.69 bits per heavy atom. The summed E-state index contributed by atoms with van der Waals surface area (Å²) >= 11 is 0. The first-order valence-electron chi connectivity index (χ1n) is 10.8. The van der Waals surface area contributed by atoms with E-state index in [0.717, 1.165) is 17.2 Å². The fourth-order valence-corrected chi connectivity index (χ4v) is 3.35. The van der Waals surface area contributed by atoms with Gasteiger partial charge >= 0.3 is 12.1 Å². The van der Waals surface area contributed by atoms with E-state index in [0.29, 0.717) is 23.4 Å². The Balaban J connectivity index is 1.62. The van der Waals surface area contributed by atoms with Crippen molar-refractivity contribution in [3.05, 3.63) is 95.1 Å². The highest BCUT2D eigenvalue weighted by atomic mass is 19.4. The van der Waals surface area contributed by atoms with Crippen LogP contribution >= 0.6 is 0 Å². The van der Waals surface area contributed by atoms with Gasteiger partial charge in [-0.15, -0.1) is 0 Å². The van der Waals surface area contributed by atoms with Crippen LogP contribution in [0.25, 0.3) is 11.1 Å². The van der Waals surface area contributed by atoms with Crippen LogP contribution in [0.15, 0.2) is 78.0 Å². The van der Waals surface area contributed by atoms with Crippen molar-refractivity contribution in [3.8, 4) is 11.1 Å². The summed E-state index contributed by atoms with van der Waals surface area (Å²) in [6.45, 7) is 1.89. The third kappa shape index (κ3) is 7.40. The van der Waals surface area contributed by atoms with Crippen LogP contribution in [0, 0.1) is 0 Å². The Kier molecular flexibility index (Phi) is 8.62. The van der Waals surface area contributed by atoms with E-state index < -0.39 is 23.8 Å². The maximum absolute atomic E-state index is 13.7. The minimum atomic E-state index is -4.51. The molecule has 0 saturated carbocycles. The molecule has 35 heavy (non-hydrogen) atoms. The molecular weight excluding hydrogens is 461 g/mol. The van der Waals surface area contributed by atoms with Crippen LogP contribution in [0.4, 0.5) is 13.2 Å². The van der Waals surface area contributed by atoms with Crippen LogP contribution < -0.4 is 5.32 Å². The predicted molar refractivity (Wildman–Crippen MR) is 126 cm³/mol. The molecular formula is C26H25F3N2O4. The fourth-order valence-electron chi connectivity index (χ4n) is 3.35. The second-order valence-corrected chi connectivity index (χ2v) is 7.88. The third-order valence-corrected chi connectivity index (χ3v) is 5.23. The first kappa shape index (κ1) is 25.9. The summed E-state index contributed by atoms with van der Waals surface area (Å²) in [7, 11) is 0. The van der Waals surface area contributed by atoms with Gasteiger partial charge in [-0.1, -0.05) is 71.9 Å². The van der Waals surface area contributed by atoms with Gasteiger partial charge in [0.05, 0.1) is 11.3 Å². The second-order valence-electron chi connectivity index (χ2n) is 7.88. The van der Waals surface area contributed by atoms with E-state index in [1.165, 1.54) is 6.07 Å². The van der Waals surface area contributed by atoms with Gasteiger partial charge in [0.2, 0.25) is 0 Å². The lowest BCUT2D eigenvalue weighted by Crippen LogP contribution is -2.32. The van der Waals surface area contributed by atoms with E-state index in [4.69, 9.17) is 9.94 Å². The number of hydrogen-bond acceptors (Lipinski definition) is 5. The predicted octanol–water partition coefficient (Wildman–Crippen LogP) is 4.85. The van der Waals surface area contributed by atoms with Crippen LogP contribution in [0.2, 0.25) is 0 Å². The highest BCUT2D eigenvalue weighted by Gasteiger charge is 2.34. The van der Waals surface area contributed by atoms with Crippen LogP contribution in [-0.2, 0) is 29.0 Å². The van der Waals surface area contributed by atoms with Crippen LogP contribution in [-0.4, -0.2) is 34.5 Å². The molecule has 0 aliphatic heterocycles. The molecule has 1 atom stereocenters. The molecule has 6 nitrogen and oxygen atoms in total. The topological polar surface area (TPSA) is 91.1 Å². The molecule has 0 spiro atoms. The molecule has 1 unspecified atom stereocenters. The number of hydrogen-bond donors (Lipinski definition) is 3. The van der Waals surface area contributed by atoms with Gasteiger partial charge in [0.15, 0.2) is 6.10 Å². The van der Waals surface area contributed by atoms with Crippen molar-refractivity contribution in [2.75, 3.05) is 6.54 Å². The zero-order valence-electron chi connectivity index (χ0n) is 18.9. The highest BCUT2D eigenvalue weighted by molar-refractivity contribution is 5.98. The molecule has 0 heterocycles. The van der Waals surface area contributed by atoms with Crippen molar-refractivity contribution in [1.82, 2.24) is 5.32 Å². The monoisotopic (exact) mass is 486 g/mol. The standard InChI is InChI=1S/C26H25F3N2O4/c1-17(20-10-7-18(8-11-20)14-30-15-24(32)25(33)34)31-35-16-19-9-12-22(21-5-3-2-4-6-21)23(13-19)26(27,28)29/h2-13,24,30,32H,14-16H2,1H3,(H,33,34)/b31-17-. The molecule has 3 rings (SSSR count). The zero-order valence-corrected chi connectivity index (χ0v) is 18.9. The minimum Gasteiger partial charge on any atom is -0.479 e. The number of aliphatic hydroxyl groups excluding tert-OH is 1. The summed E-state index contributed by atoms with van der Waals surface area (Å²) in [5, 5.41) is 24.8. The lowest BCUT2D eigenvalue weighted by atomic mass is 9.97. The Morgan fingerprint density at radius 3 is 2.31 bits per heavy atom. The summed E-state index contributed by atoms with van der Waals surface area (Å²) in [6, 6.07) is 19.7. The number of aliphatic carboxylic acids is 1. The molecule has 3 aromatic rings. The molecule has 0 bridgehead atoms. The van der Waals surface area contributed by atoms with Crippen LogP contribution in [0.1, 0.15) is 29.2 Å². The molecule has 184 valence electrons. The Hall–Kier alpha value is -3.69. The van der Waals surface area contributed by atoms with E-state index in [-0.39, 0.29) is 18.7 Å². The van der Waals surface area contributed by atoms with Gasteiger partial charge in [-0.05, 0) is 40.8 Å². The third-order valence-electron chi connectivity index (χ3n) is 5.23. The lowest BCUT2D eigenvalue weighted by molar-refractivity contribution is -0.146. The minimum absolute atomic E-state index is 0.0756. The largest absolute Gasteiger partial charge is 0.479 e. The summed E-state index contributed by atoms with van der Waals surface area (Å²) in [6.07, 6.45) is -5.98. The number of oxime groups is 1. The van der Waals surface area contributed by atoms with E-state index in [1.54, 1.807) is 55.5 Å². The SMILES string of the molecule is C/C(=N/OCc1ccc(-c2ccccc2)c(C(F)(F)F)c1)c1ccc(CNCC(O)C(=O)O)cc1. The van der Waals surface area contributed by atoms with Crippen molar-refractivity contribution >= 4 is 11.7 Å². The quantitative estimate of drug-likeness (QED) is 0.282. The zero-order chi connectivity index (χ0) is 25.4. The molecule has 0 aliphatic rings. The molecule has 0 saturated heterocycles. The average molecular weight is 486 g/mol. The van der Waals surface area contributed by atoms with Crippen molar-refractivity contribution < 1.29 is 33.0 Å². The van der Waals surface area contributed by atoms with Crippen LogP contribution in [0.3, 0.4) is 0 Å². The molecule has 3 N–H and O–H groups in total. The number of nitrogens with zero attached hydrogens (tertiary/aromatic N) is 1. The van der Waals surface area contributed by atoms with Gasteiger partial charge in [-0.2, -0.15) is 13.2 Å². The van der Waals surface area contributed by atoms with Crippen molar-refractivity contribution in [2.45, 2.75) is 32.4 Å². The van der Waals surface area contributed by atoms with Crippen molar-refractivity contribution in [2.24, 2.45) is 5.16 Å². The van der Waals surface area contributed by atoms with Gasteiger partial charge in [-0.25, -0.2) is 4.79 Å². The molecule has 0 fully saturated rings. The molecule has 0 amide bonds. The normalized spacial score (nSPS) is 12.9. The number of nitrogens with one attached hydrogen (secondary N) is 1. The van der Waals surface area contributed by atoms with Crippen LogP contribution in [0.5, 0.6) is 0 Å².